The molecule has 0 saturated carbocycles. The maximum Gasteiger partial charge on any atom is 0.269 e. The summed E-state index contributed by atoms with van der Waals surface area (Å²) in [4.78, 5) is 29.9. The van der Waals surface area contributed by atoms with Crippen LogP contribution < -0.4 is 4.90 Å². The highest BCUT2D eigenvalue weighted by atomic mass is 16.6. The molecule has 2 aliphatic rings. The Hall–Kier alpha value is -2.93. The van der Waals surface area contributed by atoms with Gasteiger partial charge in [0.2, 0.25) is 5.91 Å². The SMILES string of the molecule is C[C@@H](C(=O)N1CCc2ccccc2C1)N1CCN(c2ccc([N+](=O)[O-])cc2)CC1. The van der Waals surface area contributed by atoms with E-state index in [0.29, 0.717) is 6.54 Å². The molecule has 2 aromatic carbocycles. The van der Waals surface area contributed by atoms with E-state index in [-0.39, 0.29) is 22.6 Å². The maximum absolute atomic E-state index is 13.1. The number of carbonyl (C=O) groups excluding carboxylic acids is 1. The average Bonchev–Trinajstić information content (AvgIpc) is 2.78. The molecule has 2 aromatic rings. The van der Waals surface area contributed by atoms with Crippen molar-refractivity contribution in [3.63, 3.8) is 0 Å². The number of amides is 1. The first-order valence-corrected chi connectivity index (χ1v) is 10.1. The van der Waals surface area contributed by atoms with Gasteiger partial charge in [0, 0.05) is 57.1 Å². The zero-order chi connectivity index (χ0) is 20.4. The van der Waals surface area contributed by atoms with Crippen LogP contribution in [0.1, 0.15) is 18.1 Å². The van der Waals surface area contributed by atoms with Crippen LogP contribution in [0.5, 0.6) is 0 Å². The fourth-order valence-electron chi connectivity index (χ4n) is 4.26. The minimum Gasteiger partial charge on any atom is -0.369 e. The number of hydrogen-bond acceptors (Lipinski definition) is 5. The molecule has 1 fully saturated rings. The van der Waals surface area contributed by atoms with Crippen LogP contribution >= 0.6 is 0 Å². The molecule has 1 saturated heterocycles. The lowest BCUT2D eigenvalue weighted by Crippen LogP contribution is -2.55. The van der Waals surface area contributed by atoms with Gasteiger partial charge in [0.1, 0.15) is 0 Å². The third-order valence-electron chi connectivity index (χ3n) is 6.09. The lowest BCUT2D eigenvalue weighted by molar-refractivity contribution is -0.384. The smallest absolute Gasteiger partial charge is 0.269 e. The van der Waals surface area contributed by atoms with E-state index in [1.54, 1.807) is 24.3 Å². The van der Waals surface area contributed by atoms with Gasteiger partial charge in [-0.15, -0.1) is 0 Å². The van der Waals surface area contributed by atoms with E-state index >= 15 is 0 Å². The van der Waals surface area contributed by atoms with Crippen molar-refractivity contribution in [3.05, 3.63) is 69.8 Å². The van der Waals surface area contributed by atoms with E-state index in [9.17, 15) is 14.9 Å². The van der Waals surface area contributed by atoms with Crippen LogP contribution in [0.25, 0.3) is 0 Å². The predicted octanol–water partition coefficient (Wildman–Crippen LogP) is 2.69. The summed E-state index contributed by atoms with van der Waals surface area (Å²) in [6.07, 6.45) is 0.919. The molecule has 2 aliphatic heterocycles. The number of rotatable bonds is 4. The summed E-state index contributed by atoms with van der Waals surface area (Å²) in [5, 5.41) is 10.8. The third-order valence-corrected chi connectivity index (χ3v) is 6.09. The molecule has 0 bridgehead atoms. The molecule has 1 amide bonds. The lowest BCUT2D eigenvalue weighted by atomic mass is 9.99. The molecule has 2 heterocycles. The number of fused-ring (bicyclic) bond motifs is 1. The first-order valence-electron chi connectivity index (χ1n) is 10.1. The van der Waals surface area contributed by atoms with E-state index in [1.807, 2.05) is 17.9 Å². The van der Waals surface area contributed by atoms with Crippen molar-refractivity contribution in [2.75, 3.05) is 37.6 Å². The zero-order valence-electron chi connectivity index (χ0n) is 16.7. The number of carbonyl (C=O) groups is 1. The largest absolute Gasteiger partial charge is 0.369 e. The van der Waals surface area contributed by atoms with Gasteiger partial charge in [-0.05, 0) is 36.6 Å². The molecule has 4 rings (SSSR count). The number of piperazine rings is 1. The summed E-state index contributed by atoms with van der Waals surface area (Å²) >= 11 is 0. The summed E-state index contributed by atoms with van der Waals surface area (Å²) in [5.41, 5.74) is 3.69. The normalized spacial score (nSPS) is 18.2. The van der Waals surface area contributed by atoms with Gasteiger partial charge in [0.25, 0.3) is 5.69 Å². The van der Waals surface area contributed by atoms with Crippen LogP contribution in [0, 0.1) is 10.1 Å². The zero-order valence-corrected chi connectivity index (χ0v) is 16.7. The van der Waals surface area contributed by atoms with Gasteiger partial charge < -0.3 is 9.80 Å². The Kier molecular flexibility index (Phi) is 5.49. The standard InChI is InChI=1S/C22H26N4O3/c1-17(22(27)25-11-10-18-4-2-3-5-19(18)16-25)23-12-14-24(15-13-23)20-6-8-21(9-7-20)26(28)29/h2-9,17H,10-16H2,1H3/t17-/m0/s1. The first-order chi connectivity index (χ1) is 14.0. The van der Waals surface area contributed by atoms with Gasteiger partial charge in [-0.1, -0.05) is 24.3 Å². The monoisotopic (exact) mass is 394 g/mol. The number of nitro groups is 1. The van der Waals surface area contributed by atoms with Crippen LogP contribution in [0.15, 0.2) is 48.5 Å². The summed E-state index contributed by atoms with van der Waals surface area (Å²) in [5.74, 6) is 0.197. The highest BCUT2D eigenvalue weighted by Gasteiger charge is 2.30. The van der Waals surface area contributed by atoms with Crippen LogP contribution in [0.3, 0.4) is 0 Å². The molecule has 0 spiro atoms. The van der Waals surface area contributed by atoms with Gasteiger partial charge in [-0.2, -0.15) is 0 Å². The average molecular weight is 394 g/mol. The molecule has 7 heteroatoms. The lowest BCUT2D eigenvalue weighted by Gasteiger charge is -2.40. The number of nitro benzene ring substituents is 1. The molecule has 152 valence electrons. The van der Waals surface area contributed by atoms with Gasteiger partial charge in [0.05, 0.1) is 11.0 Å². The number of hydrogen-bond donors (Lipinski definition) is 0. The Morgan fingerprint density at radius 3 is 2.28 bits per heavy atom. The fourth-order valence-corrected chi connectivity index (χ4v) is 4.26. The van der Waals surface area contributed by atoms with Crippen molar-refractivity contribution >= 4 is 17.3 Å². The second-order valence-electron chi connectivity index (χ2n) is 7.75. The van der Waals surface area contributed by atoms with Crippen molar-refractivity contribution in [1.82, 2.24) is 9.80 Å². The molecule has 0 N–H and O–H groups in total. The molecule has 0 aromatic heterocycles. The van der Waals surface area contributed by atoms with Gasteiger partial charge >= 0.3 is 0 Å². The molecular formula is C22H26N4O3. The summed E-state index contributed by atoms with van der Waals surface area (Å²) in [6.45, 7) is 6.69. The molecule has 0 aliphatic carbocycles. The van der Waals surface area contributed by atoms with E-state index in [1.165, 1.54) is 11.1 Å². The summed E-state index contributed by atoms with van der Waals surface area (Å²) in [6, 6.07) is 14.9. The third kappa shape index (κ3) is 4.10. The van der Waals surface area contributed by atoms with E-state index in [4.69, 9.17) is 0 Å². The van der Waals surface area contributed by atoms with E-state index < -0.39 is 0 Å². The van der Waals surface area contributed by atoms with Crippen molar-refractivity contribution in [2.45, 2.75) is 25.9 Å². The predicted molar refractivity (Wildman–Crippen MR) is 112 cm³/mol. The molecule has 7 nitrogen and oxygen atoms in total. The minimum absolute atomic E-state index is 0.106. The Balaban J connectivity index is 1.33. The quantitative estimate of drug-likeness (QED) is 0.589. The second kappa shape index (κ2) is 8.21. The highest BCUT2D eigenvalue weighted by Crippen LogP contribution is 2.23. The maximum atomic E-state index is 13.1. The first kappa shape index (κ1) is 19.4. The van der Waals surface area contributed by atoms with Crippen LogP contribution in [-0.2, 0) is 17.8 Å². The Bertz CT molecular complexity index is 891. The fraction of sp³-hybridized carbons (Fsp3) is 0.409. The molecule has 1 atom stereocenters. The number of anilines is 1. The van der Waals surface area contributed by atoms with Crippen LogP contribution in [-0.4, -0.2) is 59.4 Å². The molecular weight excluding hydrogens is 368 g/mol. The van der Waals surface area contributed by atoms with Gasteiger partial charge in [-0.25, -0.2) is 0 Å². The van der Waals surface area contributed by atoms with Gasteiger partial charge in [0.15, 0.2) is 0 Å². The van der Waals surface area contributed by atoms with Crippen molar-refractivity contribution < 1.29 is 9.72 Å². The molecule has 29 heavy (non-hydrogen) atoms. The Labute approximate surface area is 170 Å². The van der Waals surface area contributed by atoms with E-state index in [0.717, 1.165) is 44.8 Å². The number of nitrogens with zero attached hydrogens (tertiary/aromatic N) is 4. The Morgan fingerprint density at radius 1 is 0.966 bits per heavy atom. The van der Waals surface area contributed by atoms with Crippen molar-refractivity contribution in [3.8, 4) is 0 Å². The highest BCUT2D eigenvalue weighted by molar-refractivity contribution is 5.81. The Morgan fingerprint density at radius 2 is 1.62 bits per heavy atom. The topological polar surface area (TPSA) is 69.9 Å². The van der Waals surface area contributed by atoms with E-state index in [2.05, 4.69) is 28.0 Å². The second-order valence-corrected chi connectivity index (χ2v) is 7.75. The van der Waals surface area contributed by atoms with Crippen molar-refractivity contribution in [2.24, 2.45) is 0 Å². The molecule has 0 radical (unpaired) electrons. The van der Waals surface area contributed by atoms with Crippen molar-refractivity contribution in [1.29, 1.82) is 0 Å². The summed E-state index contributed by atoms with van der Waals surface area (Å²) < 4.78 is 0. The van der Waals surface area contributed by atoms with Gasteiger partial charge in [-0.3, -0.25) is 19.8 Å². The molecule has 0 unspecified atom stereocenters. The van der Waals surface area contributed by atoms with Crippen LogP contribution in [0.4, 0.5) is 11.4 Å². The summed E-state index contributed by atoms with van der Waals surface area (Å²) in [7, 11) is 0. The number of benzene rings is 2. The number of non-ortho nitro benzene ring substituents is 1. The van der Waals surface area contributed by atoms with Crippen LogP contribution in [0.2, 0.25) is 0 Å². The minimum atomic E-state index is -0.381.